The Kier molecular flexibility index (Phi) is 7.11. The Labute approximate surface area is 175 Å². The molecule has 152 valence electrons. The molecule has 0 aliphatic carbocycles. The fourth-order valence-corrected chi connectivity index (χ4v) is 2.87. The van der Waals surface area contributed by atoms with Gasteiger partial charge in [0.05, 0.1) is 0 Å². The van der Waals surface area contributed by atoms with Gasteiger partial charge in [0.15, 0.2) is 0 Å². The minimum Gasteiger partial charge on any atom is -0.350 e. The average molecular weight is 402 g/mol. The maximum atomic E-state index is 14.1. The molecular formula is C25H23FN2O2. The first kappa shape index (κ1) is 21.0. The summed E-state index contributed by atoms with van der Waals surface area (Å²) < 4.78 is 14.1. The van der Waals surface area contributed by atoms with Crippen molar-refractivity contribution in [2.24, 2.45) is 0 Å². The highest BCUT2D eigenvalue weighted by Crippen LogP contribution is 2.12. The second kappa shape index (κ2) is 10.2. The highest BCUT2D eigenvalue weighted by Gasteiger charge is 2.15. The number of nitrogens with one attached hydrogen (secondary N) is 2. The molecule has 5 heteroatoms. The third-order valence-electron chi connectivity index (χ3n) is 4.55. The van der Waals surface area contributed by atoms with Gasteiger partial charge in [-0.3, -0.25) is 9.59 Å². The predicted molar refractivity (Wildman–Crippen MR) is 116 cm³/mol. The van der Waals surface area contributed by atoms with Crippen LogP contribution in [0.3, 0.4) is 0 Å². The number of hydrogen-bond acceptors (Lipinski definition) is 2. The highest BCUT2D eigenvalue weighted by atomic mass is 19.1. The molecule has 0 saturated carbocycles. The molecule has 3 aromatic carbocycles. The minimum atomic E-state index is -0.477. The largest absolute Gasteiger partial charge is 0.350 e. The van der Waals surface area contributed by atoms with Crippen LogP contribution in [0, 0.1) is 12.7 Å². The summed E-state index contributed by atoms with van der Waals surface area (Å²) >= 11 is 0. The fraction of sp³-hybridized carbons (Fsp3) is 0.120. The Morgan fingerprint density at radius 1 is 0.900 bits per heavy atom. The molecule has 4 nitrogen and oxygen atoms in total. The first-order chi connectivity index (χ1) is 14.5. The molecule has 0 saturated heterocycles. The van der Waals surface area contributed by atoms with Crippen LogP contribution in [0.4, 0.5) is 4.39 Å². The Morgan fingerprint density at radius 3 is 2.27 bits per heavy atom. The summed E-state index contributed by atoms with van der Waals surface area (Å²) in [6, 6.07) is 22.8. The van der Waals surface area contributed by atoms with Gasteiger partial charge >= 0.3 is 0 Å². The van der Waals surface area contributed by atoms with Crippen LogP contribution in [-0.2, 0) is 11.2 Å². The fourth-order valence-electron chi connectivity index (χ4n) is 2.87. The number of benzene rings is 3. The summed E-state index contributed by atoms with van der Waals surface area (Å²) in [5.41, 5.74) is 2.72. The average Bonchev–Trinajstić information content (AvgIpc) is 2.76. The number of aryl methyl sites for hydroxylation is 1. The predicted octanol–water partition coefficient (Wildman–Crippen LogP) is 4.26. The third-order valence-corrected chi connectivity index (χ3v) is 4.55. The molecular weight excluding hydrogens is 379 g/mol. The van der Waals surface area contributed by atoms with Gasteiger partial charge < -0.3 is 10.6 Å². The molecule has 0 spiro atoms. The van der Waals surface area contributed by atoms with Crippen molar-refractivity contribution in [3.63, 3.8) is 0 Å². The molecule has 3 aromatic rings. The topological polar surface area (TPSA) is 58.2 Å². The second-order valence-corrected chi connectivity index (χ2v) is 6.89. The van der Waals surface area contributed by atoms with Crippen LogP contribution in [0.2, 0.25) is 0 Å². The van der Waals surface area contributed by atoms with Crippen molar-refractivity contribution >= 4 is 17.9 Å². The van der Waals surface area contributed by atoms with Crippen LogP contribution in [0.25, 0.3) is 6.08 Å². The van der Waals surface area contributed by atoms with E-state index in [4.69, 9.17) is 0 Å². The first-order valence-corrected chi connectivity index (χ1v) is 9.69. The molecule has 0 radical (unpaired) electrons. The van der Waals surface area contributed by atoms with E-state index in [1.165, 1.54) is 12.1 Å². The molecule has 0 aliphatic rings. The van der Waals surface area contributed by atoms with E-state index >= 15 is 0 Å². The Bertz CT molecular complexity index is 1040. The van der Waals surface area contributed by atoms with E-state index in [1.54, 1.807) is 30.3 Å². The number of carbonyl (C=O) groups excluding carboxylic acids is 2. The zero-order chi connectivity index (χ0) is 21.3. The van der Waals surface area contributed by atoms with Crippen LogP contribution in [0.15, 0.2) is 84.6 Å². The zero-order valence-electron chi connectivity index (χ0n) is 16.7. The van der Waals surface area contributed by atoms with Gasteiger partial charge in [-0.25, -0.2) is 4.39 Å². The summed E-state index contributed by atoms with van der Waals surface area (Å²) in [5, 5.41) is 5.41. The van der Waals surface area contributed by atoms with E-state index < -0.39 is 17.6 Å². The molecule has 0 heterocycles. The number of halogens is 1. The number of carbonyl (C=O) groups is 2. The van der Waals surface area contributed by atoms with Crippen LogP contribution in [-0.4, -0.2) is 18.4 Å². The molecule has 0 aliphatic heterocycles. The van der Waals surface area contributed by atoms with Crippen molar-refractivity contribution in [1.82, 2.24) is 10.6 Å². The molecule has 3 rings (SSSR count). The van der Waals surface area contributed by atoms with Gasteiger partial charge in [0.1, 0.15) is 11.5 Å². The highest BCUT2D eigenvalue weighted by molar-refractivity contribution is 6.05. The molecule has 2 N–H and O–H groups in total. The first-order valence-electron chi connectivity index (χ1n) is 9.69. The van der Waals surface area contributed by atoms with Gasteiger partial charge in [0.25, 0.3) is 11.8 Å². The van der Waals surface area contributed by atoms with Crippen LogP contribution in [0.5, 0.6) is 0 Å². The lowest BCUT2D eigenvalue weighted by molar-refractivity contribution is -0.117. The molecule has 0 bridgehead atoms. The molecule has 0 unspecified atom stereocenters. The molecule has 30 heavy (non-hydrogen) atoms. The Morgan fingerprint density at radius 2 is 1.57 bits per heavy atom. The lowest BCUT2D eigenvalue weighted by atomic mass is 10.1. The smallest absolute Gasteiger partial charge is 0.267 e. The summed E-state index contributed by atoms with van der Waals surface area (Å²) in [7, 11) is 0. The monoisotopic (exact) mass is 402 g/mol. The zero-order valence-corrected chi connectivity index (χ0v) is 16.7. The summed E-state index contributed by atoms with van der Waals surface area (Å²) in [6.07, 6.45) is 1.99. The van der Waals surface area contributed by atoms with Crippen molar-refractivity contribution in [2.75, 3.05) is 6.54 Å². The van der Waals surface area contributed by atoms with Gasteiger partial charge in [0.2, 0.25) is 0 Å². The van der Waals surface area contributed by atoms with Crippen molar-refractivity contribution in [3.05, 3.63) is 113 Å². The third kappa shape index (κ3) is 5.88. The SMILES string of the molecule is Cc1ccc(C(=O)N/C(=C\c2ccccc2F)C(=O)NCCc2ccccc2)cc1. The standard InChI is InChI=1S/C25H23FN2O2/c1-18-11-13-20(14-12-18)24(29)28-23(17-21-9-5-6-10-22(21)26)25(30)27-16-15-19-7-3-2-4-8-19/h2-14,17H,15-16H2,1H3,(H,27,30)(H,28,29)/b23-17-. The molecule has 0 atom stereocenters. The van der Waals surface area contributed by atoms with E-state index in [1.807, 2.05) is 49.4 Å². The maximum Gasteiger partial charge on any atom is 0.267 e. The second-order valence-electron chi connectivity index (χ2n) is 6.89. The number of rotatable bonds is 7. The van der Waals surface area contributed by atoms with Gasteiger partial charge in [0, 0.05) is 17.7 Å². The van der Waals surface area contributed by atoms with Crippen LogP contribution >= 0.6 is 0 Å². The normalized spacial score (nSPS) is 11.1. The lowest BCUT2D eigenvalue weighted by Gasteiger charge is -2.12. The van der Waals surface area contributed by atoms with Gasteiger partial charge in [-0.2, -0.15) is 0 Å². The molecule has 0 aromatic heterocycles. The number of amides is 2. The number of hydrogen-bond donors (Lipinski definition) is 2. The van der Waals surface area contributed by atoms with Crippen LogP contribution in [0.1, 0.15) is 27.0 Å². The van der Waals surface area contributed by atoms with Crippen molar-refractivity contribution in [1.29, 1.82) is 0 Å². The summed E-state index contributed by atoms with van der Waals surface area (Å²) in [5.74, 6) is -1.39. The van der Waals surface area contributed by atoms with E-state index in [0.29, 0.717) is 18.5 Å². The Hall–Kier alpha value is -3.73. The van der Waals surface area contributed by atoms with Crippen molar-refractivity contribution in [3.8, 4) is 0 Å². The maximum absolute atomic E-state index is 14.1. The van der Waals surface area contributed by atoms with Crippen LogP contribution < -0.4 is 10.6 Å². The lowest BCUT2D eigenvalue weighted by Crippen LogP contribution is -2.35. The van der Waals surface area contributed by atoms with E-state index in [-0.39, 0.29) is 11.3 Å². The van der Waals surface area contributed by atoms with Crippen molar-refractivity contribution in [2.45, 2.75) is 13.3 Å². The van der Waals surface area contributed by atoms with Gasteiger partial charge in [-0.1, -0.05) is 66.2 Å². The Balaban J connectivity index is 1.76. The minimum absolute atomic E-state index is 0.0151. The van der Waals surface area contributed by atoms with Gasteiger partial charge in [-0.15, -0.1) is 0 Å². The summed E-state index contributed by atoms with van der Waals surface area (Å²) in [4.78, 5) is 25.4. The molecule has 0 fully saturated rings. The van der Waals surface area contributed by atoms with Gasteiger partial charge in [-0.05, 0) is 43.2 Å². The van der Waals surface area contributed by atoms with Crippen molar-refractivity contribution < 1.29 is 14.0 Å². The molecule has 2 amide bonds. The quantitative estimate of drug-likeness (QED) is 0.580. The van der Waals surface area contributed by atoms with E-state index in [2.05, 4.69) is 10.6 Å². The summed E-state index contributed by atoms with van der Waals surface area (Å²) in [6.45, 7) is 2.31. The van der Waals surface area contributed by atoms with E-state index in [9.17, 15) is 14.0 Å². The van der Waals surface area contributed by atoms with E-state index in [0.717, 1.165) is 11.1 Å².